The van der Waals surface area contributed by atoms with E-state index in [9.17, 15) is 0 Å². The number of fused-ring (bicyclic) bond motifs is 1. The average Bonchev–Trinajstić information content (AvgIpc) is 2.78. The molecule has 1 N–H and O–H groups in total. The van der Waals surface area contributed by atoms with Gasteiger partial charge in [-0.3, -0.25) is 0 Å². The molecule has 0 unspecified atom stereocenters. The van der Waals surface area contributed by atoms with Crippen LogP contribution in [0.3, 0.4) is 0 Å². The highest BCUT2D eigenvalue weighted by molar-refractivity contribution is 5.83. The van der Waals surface area contributed by atoms with Gasteiger partial charge in [0.15, 0.2) is 0 Å². The van der Waals surface area contributed by atoms with Crippen LogP contribution in [0.5, 0.6) is 0 Å². The number of nitrogens with one attached hydrogen (secondary N) is 1. The maximum atomic E-state index is 5.66. The molecule has 19 heavy (non-hydrogen) atoms. The van der Waals surface area contributed by atoms with Crippen molar-refractivity contribution in [2.75, 3.05) is 20.3 Å². The van der Waals surface area contributed by atoms with Crippen LogP contribution in [-0.4, -0.2) is 24.8 Å². The van der Waals surface area contributed by atoms with Gasteiger partial charge in [0.25, 0.3) is 0 Å². The standard InChI is InChI=1S/C16H24N2O/c1-3-4-10-19-11-9-18-13-14(12-17-2)15-7-5-6-8-16(15)18/h5-8,13,17H,3-4,9-12H2,1-2H3. The van der Waals surface area contributed by atoms with Crippen LogP contribution >= 0.6 is 0 Å². The topological polar surface area (TPSA) is 26.2 Å². The lowest BCUT2D eigenvalue weighted by atomic mass is 10.2. The first-order chi connectivity index (χ1) is 9.36. The highest BCUT2D eigenvalue weighted by Gasteiger charge is 2.06. The third-order valence-corrected chi connectivity index (χ3v) is 3.36. The lowest BCUT2D eigenvalue weighted by Gasteiger charge is -2.06. The fourth-order valence-corrected chi connectivity index (χ4v) is 2.35. The van der Waals surface area contributed by atoms with Crippen LogP contribution in [-0.2, 0) is 17.8 Å². The summed E-state index contributed by atoms with van der Waals surface area (Å²) in [6, 6.07) is 8.57. The minimum absolute atomic E-state index is 0.789. The summed E-state index contributed by atoms with van der Waals surface area (Å²) in [6.07, 6.45) is 4.58. The molecule has 0 radical (unpaired) electrons. The van der Waals surface area contributed by atoms with E-state index in [2.05, 4.69) is 47.3 Å². The Bertz CT molecular complexity index is 504. The zero-order valence-corrected chi connectivity index (χ0v) is 12.0. The molecule has 1 aromatic carbocycles. The van der Waals surface area contributed by atoms with Crippen molar-refractivity contribution in [2.24, 2.45) is 0 Å². The second-order valence-corrected chi connectivity index (χ2v) is 4.86. The number of para-hydroxylation sites is 1. The Morgan fingerprint density at radius 3 is 2.84 bits per heavy atom. The number of hydrogen-bond donors (Lipinski definition) is 1. The van der Waals surface area contributed by atoms with E-state index < -0.39 is 0 Å². The fourth-order valence-electron chi connectivity index (χ4n) is 2.35. The summed E-state index contributed by atoms with van der Waals surface area (Å²) in [5.41, 5.74) is 2.65. The molecule has 0 spiro atoms. The van der Waals surface area contributed by atoms with E-state index in [0.717, 1.165) is 32.7 Å². The van der Waals surface area contributed by atoms with Gasteiger partial charge < -0.3 is 14.6 Å². The molecule has 0 saturated heterocycles. The maximum absolute atomic E-state index is 5.66. The molecule has 2 aromatic rings. The molecule has 0 aliphatic rings. The van der Waals surface area contributed by atoms with Crippen molar-refractivity contribution in [3.05, 3.63) is 36.0 Å². The second-order valence-electron chi connectivity index (χ2n) is 4.86. The minimum Gasteiger partial charge on any atom is -0.380 e. The van der Waals surface area contributed by atoms with Crippen molar-refractivity contribution in [1.29, 1.82) is 0 Å². The number of unbranched alkanes of at least 4 members (excludes halogenated alkanes) is 1. The maximum Gasteiger partial charge on any atom is 0.0645 e. The monoisotopic (exact) mass is 260 g/mol. The van der Waals surface area contributed by atoms with Gasteiger partial charge in [-0.1, -0.05) is 31.5 Å². The predicted molar refractivity (Wildman–Crippen MR) is 80.4 cm³/mol. The summed E-state index contributed by atoms with van der Waals surface area (Å²) in [5, 5.41) is 4.57. The summed E-state index contributed by atoms with van der Waals surface area (Å²) in [4.78, 5) is 0. The summed E-state index contributed by atoms with van der Waals surface area (Å²) < 4.78 is 7.96. The van der Waals surface area contributed by atoms with Crippen LogP contribution in [0.2, 0.25) is 0 Å². The normalized spacial score (nSPS) is 11.3. The average molecular weight is 260 g/mol. The quantitative estimate of drug-likeness (QED) is 0.738. The van der Waals surface area contributed by atoms with E-state index in [1.54, 1.807) is 0 Å². The number of hydrogen-bond acceptors (Lipinski definition) is 2. The third-order valence-electron chi connectivity index (χ3n) is 3.36. The predicted octanol–water partition coefficient (Wildman–Crippen LogP) is 3.18. The number of benzene rings is 1. The molecule has 2 rings (SSSR count). The van der Waals surface area contributed by atoms with Crippen LogP contribution in [0.4, 0.5) is 0 Å². The highest BCUT2D eigenvalue weighted by Crippen LogP contribution is 2.21. The third kappa shape index (κ3) is 3.58. The van der Waals surface area contributed by atoms with Crippen LogP contribution in [0.15, 0.2) is 30.5 Å². The molecule has 0 saturated carbocycles. The molecule has 0 bridgehead atoms. The number of rotatable bonds is 8. The largest absolute Gasteiger partial charge is 0.380 e. The minimum atomic E-state index is 0.789. The van der Waals surface area contributed by atoms with Gasteiger partial charge in [0.1, 0.15) is 0 Å². The number of nitrogens with zero attached hydrogens (tertiary/aromatic N) is 1. The first-order valence-corrected chi connectivity index (χ1v) is 7.16. The molecule has 0 aliphatic heterocycles. The second kappa shape index (κ2) is 7.31. The first-order valence-electron chi connectivity index (χ1n) is 7.16. The molecular weight excluding hydrogens is 236 g/mol. The summed E-state index contributed by atoms with van der Waals surface area (Å²) in [6.45, 7) is 5.68. The summed E-state index contributed by atoms with van der Waals surface area (Å²) >= 11 is 0. The van der Waals surface area contributed by atoms with Crippen molar-refractivity contribution < 1.29 is 4.74 Å². The number of ether oxygens (including phenoxy) is 1. The summed E-state index contributed by atoms with van der Waals surface area (Å²) in [5.74, 6) is 0. The van der Waals surface area contributed by atoms with Crippen LogP contribution in [0.1, 0.15) is 25.3 Å². The van der Waals surface area contributed by atoms with Gasteiger partial charge in [-0.25, -0.2) is 0 Å². The SMILES string of the molecule is CCCCOCCn1cc(CNC)c2ccccc21. The van der Waals surface area contributed by atoms with E-state index >= 15 is 0 Å². The molecule has 0 atom stereocenters. The van der Waals surface area contributed by atoms with E-state index in [4.69, 9.17) is 4.74 Å². The highest BCUT2D eigenvalue weighted by atomic mass is 16.5. The zero-order valence-electron chi connectivity index (χ0n) is 12.0. The number of aromatic nitrogens is 1. The fraction of sp³-hybridized carbons (Fsp3) is 0.500. The van der Waals surface area contributed by atoms with Crippen molar-refractivity contribution >= 4 is 10.9 Å². The molecule has 0 amide bonds. The molecule has 1 heterocycles. The van der Waals surface area contributed by atoms with E-state index in [0.29, 0.717) is 0 Å². The molecule has 0 fully saturated rings. The smallest absolute Gasteiger partial charge is 0.0645 e. The van der Waals surface area contributed by atoms with Crippen LogP contribution in [0, 0.1) is 0 Å². The Hall–Kier alpha value is -1.32. The molecule has 3 nitrogen and oxygen atoms in total. The van der Waals surface area contributed by atoms with Crippen LogP contribution in [0.25, 0.3) is 10.9 Å². The lowest BCUT2D eigenvalue weighted by Crippen LogP contribution is -2.06. The van der Waals surface area contributed by atoms with Gasteiger partial charge in [0.05, 0.1) is 6.61 Å². The van der Waals surface area contributed by atoms with Gasteiger partial charge in [0.2, 0.25) is 0 Å². The molecule has 0 aliphatic carbocycles. The molecule has 1 aromatic heterocycles. The van der Waals surface area contributed by atoms with Crippen LogP contribution < -0.4 is 5.32 Å². The van der Waals surface area contributed by atoms with Gasteiger partial charge in [-0.2, -0.15) is 0 Å². The van der Waals surface area contributed by atoms with Gasteiger partial charge >= 0.3 is 0 Å². The van der Waals surface area contributed by atoms with E-state index in [-0.39, 0.29) is 0 Å². The molecule has 3 heteroatoms. The Kier molecular flexibility index (Phi) is 5.43. The van der Waals surface area contributed by atoms with Gasteiger partial charge in [-0.15, -0.1) is 0 Å². The Balaban J connectivity index is 2.05. The van der Waals surface area contributed by atoms with Crippen molar-refractivity contribution in [2.45, 2.75) is 32.9 Å². The molecule has 104 valence electrons. The van der Waals surface area contributed by atoms with Gasteiger partial charge in [0, 0.05) is 36.8 Å². The zero-order chi connectivity index (χ0) is 13.5. The van der Waals surface area contributed by atoms with E-state index in [1.165, 1.54) is 22.9 Å². The Morgan fingerprint density at radius 2 is 2.05 bits per heavy atom. The van der Waals surface area contributed by atoms with Crippen molar-refractivity contribution in [1.82, 2.24) is 9.88 Å². The Morgan fingerprint density at radius 1 is 1.21 bits per heavy atom. The van der Waals surface area contributed by atoms with Crippen molar-refractivity contribution in [3.63, 3.8) is 0 Å². The lowest BCUT2D eigenvalue weighted by molar-refractivity contribution is 0.124. The van der Waals surface area contributed by atoms with Crippen molar-refractivity contribution in [3.8, 4) is 0 Å². The molecular formula is C16H24N2O. The first kappa shape index (κ1) is 14.1. The van der Waals surface area contributed by atoms with E-state index in [1.807, 2.05) is 7.05 Å². The summed E-state index contributed by atoms with van der Waals surface area (Å²) in [7, 11) is 1.99. The van der Waals surface area contributed by atoms with Gasteiger partial charge in [-0.05, 0) is 25.1 Å². The Labute approximate surface area is 115 Å².